The first kappa shape index (κ1) is 19.8. The summed E-state index contributed by atoms with van der Waals surface area (Å²) in [6.45, 7) is 7.02. The molecule has 1 heterocycles. The normalized spacial score (nSPS) is 18.6. The van der Waals surface area contributed by atoms with Crippen molar-refractivity contribution >= 4 is 24.6 Å². The molecule has 0 bridgehead atoms. The van der Waals surface area contributed by atoms with Crippen molar-refractivity contribution in [2.75, 3.05) is 6.61 Å². The molecule has 0 saturated carbocycles. The highest BCUT2D eigenvalue weighted by molar-refractivity contribution is 6.99. The van der Waals surface area contributed by atoms with Crippen molar-refractivity contribution in [3.05, 3.63) is 60.7 Å². The molecule has 0 radical (unpaired) electrons. The SMILES string of the molecule is CC(C)(C)[Si](OC[C@@H]1CCCC(=O)N1O)(c1ccccc1)c1ccccc1. The summed E-state index contributed by atoms with van der Waals surface area (Å²) < 4.78 is 6.81. The molecule has 144 valence electrons. The Balaban J connectivity index is 2.03. The predicted molar refractivity (Wildman–Crippen MR) is 110 cm³/mol. The van der Waals surface area contributed by atoms with E-state index < -0.39 is 8.32 Å². The van der Waals surface area contributed by atoms with Gasteiger partial charge < -0.3 is 4.43 Å². The van der Waals surface area contributed by atoms with Crippen LogP contribution in [0.2, 0.25) is 5.04 Å². The summed E-state index contributed by atoms with van der Waals surface area (Å²) in [5.41, 5.74) is 0. The lowest BCUT2D eigenvalue weighted by Gasteiger charge is -2.44. The summed E-state index contributed by atoms with van der Waals surface area (Å²) in [7, 11) is -2.63. The van der Waals surface area contributed by atoms with Gasteiger partial charge in [-0.25, -0.2) is 5.06 Å². The number of rotatable bonds is 5. The quantitative estimate of drug-likeness (QED) is 0.636. The lowest BCUT2D eigenvalue weighted by atomic mass is 10.1. The van der Waals surface area contributed by atoms with Crippen molar-refractivity contribution in [2.45, 2.75) is 51.1 Å². The van der Waals surface area contributed by atoms with E-state index in [-0.39, 0.29) is 17.0 Å². The Bertz CT molecular complexity index is 719. The smallest absolute Gasteiger partial charge is 0.261 e. The number of carbonyl (C=O) groups excluding carboxylic acids is 1. The predicted octanol–water partition coefficient (Wildman–Crippen LogP) is 3.33. The minimum absolute atomic E-state index is 0.116. The van der Waals surface area contributed by atoms with E-state index >= 15 is 0 Å². The van der Waals surface area contributed by atoms with E-state index in [9.17, 15) is 10.0 Å². The zero-order chi connectivity index (χ0) is 19.5. The summed E-state index contributed by atoms with van der Waals surface area (Å²) in [6, 6.07) is 20.6. The van der Waals surface area contributed by atoms with Gasteiger partial charge in [0.25, 0.3) is 8.32 Å². The van der Waals surface area contributed by atoms with Crippen LogP contribution in [0.4, 0.5) is 0 Å². The fourth-order valence-corrected chi connectivity index (χ4v) is 8.66. The molecule has 1 N–H and O–H groups in total. The Hall–Kier alpha value is -1.95. The van der Waals surface area contributed by atoms with Gasteiger partial charge in [0, 0.05) is 6.42 Å². The molecule has 27 heavy (non-hydrogen) atoms. The minimum Gasteiger partial charge on any atom is -0.405 e. The summed E-state index contributed by atoms with van der Waals surface area (Å²) in [5, 5.41) is 13.4. The second-order valence-electron chi connectivity index (χ2n) is 8.26. The second-order valence-corrected chi connectivity index (χ2v) is 12.6. The molecule has 1 aliphatic heterocycles. The average molecular weight is 384 g/mol. The molecule has 2 aromatic rings. The number of hydrogen-bond acceptors (Lipinski definition) is 3. The van der Waals surface area contributed by atoms with Crippen LogP contribution < -0.4 is 10.4 Å². The molecular formula is C22H29NO3Si. The van der Waals surface area contributed by atoms with E-state index in [0.29, 0.717) is 13.0 Å². The first-order valence-electron chi connectivity index (χ1n) is 9.62. The average Bonchev–Trinajstić information content (AvgIpc) is 2.66. The van der Waals surface area contributed by atoms with Gasteiger partial charge in [-0.15, -0.1) is 0 Å². The van der Waals surface area contributed by atoms with Crippen LogP contribution in [0, 0.1) is 0 Å². The Kier molecular flexibility index (Phi) is 5.84. The maximum atomic E-state index is 11.9. The van der Waals surface area contributed by atoms with Gasteiger partial charge in [-0.2, -0.15) is 0 Å². The van der Waals surface area contributed by atoms with Crippen LogP contribution in [-0.2, 0) is 9.22 Å². The molecule has 2 aromatic carbocycles. The Morgan fingerprint density at radius 3 is 2.04 bits per heavy atom. The van der Waals surface area contributed by atoms with Crippen molar-refractivity contribution in [1.82, 2.24) is 5.06 Å². The number of amides is 1. The molecule has 0 aliphatic carbocycles. The highest BCUT2D eigenvalue weighted by Gasteiger charge is 2.50. The van der Waals surface area contributed by atoms with E-state index in [0.717, 1.165) is 17.9 Å². The van der Waals surface area contributed by atoms with Crippen molar-refractivity contribution in [3.63, 3.8) is 0 Å². The first-order valence-corrected chi connectivity index (χ1v) is 11.5. The van der Waals surface area contributed by atoms with Crippen LogP contribution >= 0.6 is 0 Å². The van der Waals surface area contributed by atoms with E-state index in [1.165, 1.54) is 10.4 Å². The molecular weight excluding hydrogens is 354 g/mol. The Morgan fingerprint density at radius 1 is 1.04 bits per heavy atom. The molecule has 0 unspecified atom stereocenters. The van der Waals surface area contributed by atoms with Crippen LogP contribution in [-0.4, -0.2) is 37.1 Å². The number of hydroxylamine groups is 2. The molecule has 1 atom stereocenters. The number of carbonyl (C=O) groups is 1. The molecule has 1 aliphatic rings. The van der Waals surface area contributed by atoms with Gasteiger partial charge in [-0.3, -0.25) is 10.0 Å². The van der Waals surface area contributed by atoms with Crippen LogP contribution in [0.25, 0.3) is 0 Å². The number of hydrogen-bond donors (Lipinski definition) is 1. The van der Waals surface area contributed by atoms with Gasteiger partial charge in [0.2, 0.25) is 5.91 Å². The minimum atomic E-state index is -2.63. The van der Waals surface area contributed by atoms with E-state index in [1.807, 2.05) is 12.1 Å². The summed E-state index contributed by atoms with van der Waals surface area (Å²) >= 11 is 0. The van der Waals surface area contributed by atoms with Gasteiger partial charge in [0.05, 0.1) is 12.6 Å². The number of nitrogens with zero attached hydrogens (tertiary/aromatic N) is 1. The molecule has 0 spiro atoms. The summed E-state index contributed by atoms with van der Waals surface area (Å²) in [5.74, 6) is -0.211. The summed E-state index contributed by atoms with van der Waals surface area (Å²) in [4.78, 5) is 11.9. The van der Waals surface area contributed by atoms with Crippen LogP contribution in [0.3, 0.4) is 0 Å². The van der Waals surface area contributed by atoms with Crippen molar-refractivity contribution in [1.29, 1.82) is 0 Å². The van der Waals surface area contributed by atoms with Gasteiger partial charge >= 0.3 is 0 Å². The third-order valence-corrected chi connectivity index (χ3v) is 10.4. The molecule has 1 saturated heterocycles. The largest absolute Gasteiger partial charge is 0.405 e. The van der Waals surface area contributed by atoms with E-state index in [2.05, 4.69) is 69.3 Å². The van der Waals surface area contributed by atoms with Crippen molar-refractivity contribution in [2.24, 2.45) is 0 Å². The molecule has 5 heteroatoms. The zero-order valence-corrected chi connectivity index (χ0v) is 17.4. The van der Waals surface area contributed by atoms with E-state index in [1.54, 1.807) is 0 Å². The van der Waals surface area contributed by atoms with Crippen LogP contribution in [0.1, 0.15) is 40.0 Å². The number of piperidine rings is 1. The molecule has 4 nitrogen and oxygen atoms in total. The van der Waals surface area contributed by atoms with Gasteiger partial charge in [-0.1, -0.05) is 81.4 Å². The fourth-order valence-electron chi connectivity index (χ4n) is 4.07. The molecule has 1 amide bonds. The molecule has 1 fully saturated rings. The van der Waals surface area contributed by atoms with Crippen molar-refractivity contribution < 1.29 is 14.4 Å². The maximum absolute atomic E-state index is 11.9. The third-order valence-electron chi connectivity index (χ3n) is 5.44. The first-order chi connectivity index (χ1) is 12.9. The lowest BCUT2D eigenvalue weighted by molar-refractivity contribution is -0.185. The van der Waals surface area contributed by atoms with Gasteiger partial charge in [0.1, 0.15) is 0 Å². The zero-order valence-electron chi connectivity index (χ0n) is 16.4. The molecule has 0 aromatic heterocycles. The van der Waals surface area contributed by atoms with Crippen molar-refractivity contribution in [3.8, 4) is 0 Å². The lowest BCUT2D eigenvalue weighted by Crippen LogP contribution is -2.67. The van der Waals surface area contributed by atoms with E-state index in [4.69, 9.17) is 4.43 Å². The Morgan fingerprint density at radius 2 is 1.56 bits per heavy atom. The highest BCUT2D eigenvalue weighted by Crippen LogP contribution is 2.37. The maximum Gasteiger partial charge on any atom is 0.261 e. The van der Waals surface area contributed by atoms with Crippen LogP contribution in [0.5, 0.6) is 0 Å². The Labute approximate surface area is 162 Å². The summed E-state index contributed by atoms with van der Waals surface area (Å²) in [6.07, 6.45) is 1.97. The van der Waals surface area contributed by atoms with Gasteiger partial charge in [0.15, 0.2) is 0 Å². The molecule has 3 rings (SSSR count). The third kappa shape index (κ3) is 3.86. The van der Waals surface area contributed by atoms with Gasteiger partial charge in [-0.05, 0) is 28.3 Å². The standard InChI is InChI=1S/C22H29NO3Si/c1-22(2,3)27(19-12-6-4-7-13-19,20-14-8-5-9-15-20)26-17-18-11-10-16-21(24)23(18)25/h4-9,12-15,18,25H,10-11,16-17H2,1-3H3/t18-/m0/s1. The second kappa shape index (κ2) is 7.96. The monoisotopic (exact) mass is 383 g/mol. The topological polar surface area (TPSA) is 49.8 Å². The number of benzene rings is 2. The fraction of sp³-hybridized carbons (Fsp3) is 0.409. The highest BCUT2D eigenvalue weighted by atomic mass is 28.4. The van der Waals surface area contributed by atoms with Crippen LogP contribution in [0.15, 0.2) is 60.7 Å².